The topological polar surface area (TPSA) is 41.9 Å². The number of aliphatic imine (C=N–C) groups is 1. The second-order valence-electron chi connectivity index (χ2n) is 7.94. The van der Waals surface area contributed by atoms with Gasteiger partial charge in [0, 0.05) is 5.41 Å². The summed E-state index contributed by atoms with van der Waals surface area (Å²) in [5.41, 5.74) is 1.53. The van der Waals surface area contributed by atoms with Crippen molar-refractivity contribution in [3.63, 3.8) is 0 Å². The molecule has 1 amide bonds. The van der Waals surface area contributed by atoms with Gasteiger partial charge in [0.25, 0.3) is 0 Å². The fourth-order valence-corrected chi connectivity index (χ4v) is 3.27. The van der Waals surface area contributed by atoms with Crippen LogP contribution in [0.3, 0.4) is 0 Å². The van der Waals surface area contributed by atoms with Crippen molar-refractivity contribution in [1.82, 2.24) is 4.90 Å². The Bertz CT molecular complexity index is 567. The van der Waals surface area contributed by atoms with Crippen LogP contribution in [0.15, 0.2) is 35.3 Å². The third-order valence-corrected chi connectivity index (χ3v) is 4.65. The molecule has 138 valence electrons. The van der Waals surface area contributed by atoms with Gasteiger partial charge in [-0.15, -0.1) is 0 Å². The molecule has 4 nitrogen and oxygen atoms in total. The van der Waals surface area contributed by atoms with E-state index in [-0.39, 0.29) is 5.41 Å². The Labute approximate surface area is 152 Å². The first-order valence-corrected chi connectivity index (χ1v) is 9.44. The number of ether oxygens (including phenoxy) is 1. The van der Waals surface area contributed by atoms with Gasteiger partial charge in [-0.2, -0.15) is 4.99 Å². The summed E-state index contributed by atoms with van der Waals surface area (Å²) in [6.45, 7) is 12.3. The summed E-state index contributed by atoms with van der Waals surface area (Å²) in [7, 11) is 0. The van der Waals surface area contributed by atoms with E-state index in [1.165, 1.54) is 13.0 Å². The molecule has 1 aliphatic heterocycles. The molecule has 1 aromatic carbocycles. The zero-order valence-corrected chi connectivity index (χ0v) is 16.1. The predicted molar refractivity (Wildman–Crippen MR) is 103 cm³/mol. The number of likely N-dealkylation sites (tertiary alicyclic amines) is 1. The minimum Gasteiger partial charge on any atom is -0.448 e. The van der Waals surface area contributed by atoms with Gasteiger partial charge in [-0.25, -0.2) is 4.79 Å². The maximum Gasteiger partial charge on any atom is 0.433 e. The highest BCUT2D eigenvalue weighted by Gasteiger charge is 2.23. The van der Waals surface area contributed by atoms with E-state index in [1.807, 2.05) is 30.3 Å². The van der Waals surface area contributed by atoms with E-state index in [0.717, 1.165) is 37.2 Å². The average molecular weight is 344 g/mol. The maximum atomic E-state index is 12.3. The molecule has 0 saturated carbocycles. The normalized spacial score (nSPS) is 17.5. The van der Waals surface area contributed by atoms with Crippen LogP contribution in [0.2, 0.25) is 0 Å². The van der Waals surface area contributed by atoms with Gasteiger partial charge in [-0.05, 0) is 50.4 Å². The van der Waals surface area contributed by atoms with Crippen molar-refractivity contribution in [3.8, 4) is 0 Å². The largest absolute Gasteiger partial charge is 0.448 e. The quantitative estimate of drug-likeness (QED) is 0.722. The first-order valence-electron chi connectivity index (χ1n) is 9.44. The molecule has 2 rings (SSSR count). The van der Waals surface area contributed by atoms with Gasteiger partial charge in [-0.1, -0.05) is 58.0 Å². The van der Waals surface area contributed by atoms with Crippen molar-refractivity contribution in [2.24, 2.45) is 16.3 Å². The van der Waals surface area contributed by atoms with Crippen LogP contribution in [-0.4, -0.2) is 42.9 Å². The summed E-state index contributed by atoms with van der Waals surface area (Å²) in [6, 6.07) is 9.87. The number of carbonyl (C=O) groups excluding carboxylic acids is 1. The Morgan fingerprint density at radius 1 is 1.20 bits per heavy atom. The number of nitrogens with zero attached hydrogens (tertiary/aromatic N) is 2. The molecule has 0 unspecified atom stereocenters. The summed E-state index contributed by atoms with van der Waals surface area (Å²) in [6.07, 6.45) is 2.93. The SMILES string of the molecule is CCCN1CCC(COC(=O)N=C(c2ccccc2)C(C)(C)C)CC1. The number of benzene rings is 1. The summed E-state index contributed by atoms with van der Waals surface area (Å²) in [5.74, 6) is 0.460. The molecule has 1 aromatic rings. The number of rotatable bonds is 5. The van der Waals surface area contributed by atoms with E-state index < -0.39 is 6.09 Å². The van der Waals surface area contributed by atoms with Gasteiger partial charge in [0.15, 0.2) is 0 Å². The first kappa shape index (κ1) is 19.6. The monoisotopic (exact) mass is 344 g/mol. The molecule has 1 saturated heterocycles. The second kappa shape index (κ2) is 9.14. The van der Waals surface area contributed by atoms with Crippen molar-refractivity contribution in [3.05, 3.63) is 35.9 Å². The van der Waals surface area contributed by atoms with Crippen molar-refractivity contribution >= 4 is 11.8 Å². The van der Waals surface area contributed by atoms with Crippen molar-refractivity contribution < 1.29 is 9.53 Å². The lowest BCUT2D eigenvalue weighted by Crippen LogP contribution is -2.35. The fourth-order valence-electron chi connectivity index (χ4n) is 3.27. The Morgan fingerprint density at radius 2 is 1.84 bits per heavy atom. The Balaban J connectivity index is 1.92. The Kier molecular flexibility index (Phi) is 7.18. The molecule has 0 N–H and O–H groups in total. The molecule has 0 spiro atoms. The predicted octanol–water partition coefficient (Wildman–Crippen LogP) is 4.78. The maximum absolute atomic E-state index is 12.3. The van der Waals surface area contributed by atoms with Crippen molar-refractivity contribution in [2.45, 2.75) is 47.0 Å². The first-order chi connectivity index (χ1) is 11.9. The van der Waals surface area contributed by atoms with Gasteiger partial charge in [0.05, 0.1) is 12.3 Å². The molecule has 1 fully saturated rings. The number of carbonyl (C=O) groups is 1. The molecular formula is C21H32N2O2. The van der Waals surface area contributed by atoms with Crippen LogP contribution >= 0.6 is 0 Å². The smallest absolute Gasteiger partial charge is 0.433 e. The molecule has 1 heterocycles. The summed E-state index contributed by atoms with van der Waals surface area (Å²) >= 11 is 0. The van der Waals surface area contributed by atoms with E-state index in [1.54, 1.807) is 0 Å². The van der Waals surface area contributed by atoms with Crippen LogP contribution < -0.4 is 0 Å². The van der Waals surface area contributed by atoms with Crippen LogP contribution in [0.4, 0.5) is 4.79 Å². The van der Waals surface area contributed by atoms with Gasteiger partial charge < -0.3 is 9.64 Å². The summed E-state index contributed by atoms with van der Waals surface area (Å²) < 4.78 is 5.48. The van der Waals surface area contributed by atoms with E-state index in [0.29, 0.717) is 12.5 Å². The molecule has 0 atom stereocenters. The minimum atomic E-state index is -0.468. The van der Waals surface area contributed by atoms with E-state index in [2.05, 4.69) is 37.6 Å². The van der Waals surface area contributed by atoms with Gasteiger partial charge in [0.2, 0.25) is 0 Å². The third kappa shape index (κ3) is 6.28. The van der Waals surface area contributed by atoms with Crippen LogP contribution in [0, 0.1) is 11.3 Å². The van der Waals surface area contributed by atoms with Crippen LogP contribution in [-0.2, 0) is 4.74 Å². The van der Waals surface area contributed by atoms with Gasteiger partial charge in [0.1, 0.15) is 0 Å². The van der Waals surface area contributed by atoms with Crippen molar-refractivity contribution in [1.29, 1.82) is 0 Å². The second-order valence-corrected chi connectivity index (χ2v) is 7.94. The molecule has 0 aromatic heterocycles. The highest BCUT2D eigenvalue weighted by Crippen LogP contribution is 2.23. The number of hydrogen-bond acceptors (Lipinski definition) is 3. The van der Waals surface area contributed by atoms with Crippen LogP contribution in [0.25, 0.3) is 0 Å². The summed E-state index contributed by atoms with van der Waals surface area (Å²) in [4.78, 5) is 19.0. The minimum absolute atomic E-state index is 0.216. The molecule has 1 aliphatic rings. The molecule has 4 heteroatoms. The standard InChI is InChI=1S/C21H32N2O2/c1-5-13-23-14-11-17(12-15-23)16-25-20(24)22-19(21(2,3)4)18-9-7-6-8-10-18/h6-10,17H,5,11-16H2,1-4H3. The van der Waals surface area contributed by atoms with Gasteiger partial charge in [-0.3, -0.25) is 0 Å². The average Bonchev–Trinajstić information content (AvgIpc) is 2.59. The molecular weight excluding hydrogens is 312 g/mol. The molecule has 0 bridgehead atoms. The Morgan fingerprint density at radius 3 is 2.40 bits per heavy atom. The number of hydrogen-bond donors (Lipinski definition) is 0. The molecule has 25 heavy (non-hydrogen) atoms. The summed E-state index contributed by atoms with van der Waals surface area (Å²) in [5, 5.41) is 0. The van der Waals surface area contributed by atoms with Crippen LogP contribution in [0.5, 0.6) is 0 Å². The number of amides is 1. The lowest BCUT2D eigenvalue weighted by Gasteiger charge is -2.31. The van der Waals surface area contributed by atoms with E-state index in [9.17, 15) is 4.79 Å². The fraction of sp³-hybridized carbons (Fsp3) is 0.619. The highest BCUT2D eigenvalue weighted by molar-refractivity contribution is 6.08. The highest BCUT2D eigenvalue weighted by atomic mass is 16.5. The number of piperidine rings is 1. The van der Waals surface area contributed by atoms with Crippen molar-refractivity contribution in [2.75, 3.05) is 26.2 Å². The zero-order chi connectivity index (χ0) is 18.3. The third-order valence-electron chi connectivity index (χ3n) is 4.65. The molecule has 0 aliphatic carbocycles. The zero-order valence-electron chi connectivity index (χ0n) is 16.1. The Hall–Kier alpha value is -1.68. The molecule has 0 radical (unpaired) electrons. The van der Waals surface area contributed by atoms with Crippen LogP contribution in [0.1, 0.15) is 52.5 Å². The lowest BCUT2D eigenvalue weighted by molar-refractivity contribution is 0.102. The lowest BCUT2D eigenvalue weighted by atomic mass is 9.85. The van der Waals surface area contributed by atoms with Gasteiger partial charge >= 0.3 is 6.09 Å². The van der Waals surface area contributed by atoms with E-state index >= 15 is 0 Å². The van der Waals surface area contributed by atoms with E-state index in [4.69, 9.17) is 4.74 Å².